The Labute approximate surface area is 91.1 Å². The molecule has 0 aliphatic heterocycles. The van der Waals surface area contributed by atoms with Crippen molar-refractivity contribution in [2.45, 2.75) is 38.6 Å². The number of anilines is 2. The summed E-state index contributed by atoms with van der Waals surface area (Å²) in [5.41, 5.74) is 6.76. The molecule has 3 N–H and O–H groups in total. The van der Waals surface area contributed by atoms with Crippen molar-refractivity contribution in [2.24, 2.45) is 5.92 Å². The van der Waals surface area contributed by atoms with Crippen molar-refractivity contribution in [1.82, 2.24) is 4.98 Å². The maximum absolute atomic E-state index is 5.79. The largest absolute Gasteiger partial charge is 0.382 e. The van der Waals surface area contributed by atoms with E-state index in [1.165, 1.54) is 25.7 Å². The van der Waals surface area contributed by atoms with Gasteiger partial charge in [-0.3, -0.25) is 0 Å². The van der Waals surface area contributed by atoms with Crippen LogP contribution >= 0.6 is 0 Å². The minimum absolute atomic E-state index is 0.499. The van der Waals surface area contributed by atoms with Gasteiger partial charge in [0.25, 0.3) is 0 Å². The molecule has 1 aliphatic carbocycles. The number of nitrogens with one attached hydrogen (secondary N) is 1. The van der Waals surface area contributed by atoms with Gasteiger partial charge in [-0.15, -0.1) is 0 Å². The van der Waals surface area contributed by atoms with Crippen LogP contribution in [-0.4, -0.2) is 11.0 Å². The average Bonchev–Trinajstić information content (AvgIpc) is 2.74. The first-order valence-corrected chi connectivity index (χ1v) is 5.74. The second kappa shape index (κ2) is 4.51. The summed E-state index contributed by atoms with van der Waals surface area (Å²) < 4.78 is 0. The van der Waals surface area contributed by atoms with Crippen LogP contribution in [0.25, 0.3) is 0 Å². The Hall–Kier alpha value is -1.25. The van der Waals surface area contributed by atoms with Crippen LogP contribution < -0.4 is 11.1 Å². The Morgan fingerprint density at radius 1 is 1.47 bits per heavy atom. The molecule has 82 valence electrons. The molecule has 0 bridgehead atoms. The fourth-order valence-electron chi connectivity index (χ4n) is 2.36. The fourth-order valence-corrected chi connectivity index (χ4v) is 2.36. The van der Waals surface area contributed by atoms with Crippen LogP contribution in [0.15, 0.2) is 18.3 Å². The van der Waals surface area contributed by atoms with Gasteiger partial charge in [-0.1, -0.05) is 12.8 Å². The third kappa shape index (κ3) is 2.41. The lowest BCUT2D eigenvalue weighted by atomic mass is 10.00. The number of hydrogen-bond acceptors (Lipinski definition) is 3. The summed E-state index contributed by atoms with van der Waals surface area (Å²) in [6.07, 6.45) is 7.15. The van der Waals surface area contributed by atoms with E-state index < -0.39 is 0 Å². The molecule has 1 unspecified atom stereocenters. The molecular formula is C12H19N3. The number of pyridine rings is 1. The molecule has 15 heavy (non-hydrogen) atoms. The van der Waals surface area contributed by atoms with Gasteiger partial charge < -0.3 is 11.1 Å². The summed E-state index contributed by atoms with van der Waals surface area (Å²) in [4.78, 5) is 4.07. The van der Waals surface area contributed by atoms with Crippen LogP contribution in [0.4, 0.5) is 11.5 Å². The maximum atomic E-state index is 5.79. The highest BCUT2D eigenvalue weighted by Crippen LogP contribution is 2.29. The third-order valence-electron chi connectivity index (χ3n) is 3.33. The van der Waals surface area contributed by atoms with E-state index >= 15 is 0 Å². The van der Waals surface area contributed by atoms with E-state index in [9.17, 15) is 0 Å². The Kier molecular flexibility index (Phi) is 3.09. The minimum Gasteiger partial charge on any atom is -0.382 e. The van der Waals surface area contributed by atoms with Gasteiger partial charge in [-0.25, -0.2) is 4.98 Å². The SMILES string of the molecule is CC(Nc1cccnc1N)C1CCCC1. The lowest BCUT2D eigenvalue weighted by Gasteiger charge is -2.21. The van der Waals surface area contributed by atoms with Crippen LogP contribution in [0.3, 0.4) is 0 Å². The predicted molar refractivity (Wildman–Crippen MR) is 63.7 cm³/mol. The van der Waals surface area contributed by atoms with Crippen LogP contribution in [0, 0.1) is 5.92 Å². The molecule has 1 heterocycles. The molecule has 3 nitrogen and oxygen atoms in total. The zero-order chi connectivity index (χ0) is 10.7. The van der Waals surface area contributed by atoms with Crippen LogP contribution in [-0.2, 0) is 0 Å². The molecule has 1 saturated carbocycles. The van der Waals surface area contributed by atoms with Gasteiger partial charge in [0.15, 0.2) is 0 Å². The van der Waals surface area contributed by atoms with E-state index in [1.54, 1.807) is 6.20 Å². The van der Waals surface area contributed by atoms with Gasteiger partial charge in [0.2, 0.25) is 0 Å². The molecule has 1 aromatic rings. The van der Waals surface area contributed by atoms with Gasteiger partial charge in [0, 0.05) is 12.2 Å². The van der Waals surface area contributed by atoms with Gasteiger partial charge in [0.05, 0.1) is 5.69 Å². The summed E-state index contributed by atoms with van der Waals surface area (Å²) in [7, 11) is 0. The normalized spacial score (nSPS) is 19.0. The monoisotopic (exact) mass is 205 g/mol. The minimum atomic E-state index is 0.499. The Morgan fingerprint density at radius 2 is 2.20 bits per heavy atom. The molecule has 0 saturated heterocycles. The Morgan fingerprint density at radius 3 is 2.87 bits per heavy atom. The molecule has 0 amide bonds. The highest BCUT2D eigenvalue weighted by molar-refractivity contribution is 5.61. The molecule has 3 heteroatoms. The summed E-state index contributed by atoms with van der Waals surface area (Å²) in [6, 6.07) is 4.41. The Balaban J connectivity index is 1.99. The highest BCUT2D eigenvalue weighted by Gasteiger charge is 2.21. The van der Waals surface area contributed by atoms with E-state index in [4.69, 9.17) is 5.73 Å². The lowest BCUT2D eigenvalue weighted by Crippen LogP contribution is -2.24. The second-order valence-electron chi connectivity index (χ2n) is 4.41. The molecule has 1 fully saturated rings. The average molecular weight is 205 g/mol. The number of nitrogens with zero attached hydrogens (tertiary/aromatic N) is 1. The summed E-state index contributed by atoms with van der Waals surface area (Å²) >= 11 is 0. The van der Waals surface area contributed by atoms with Crippen molar-refractivity contribution < 1.29 is 0 Å². The van der Waals surface area contributed by atoms with Crippen molar-refractivity contribution in [3.8, 4) is 0 Å². The number of hydrogen-bond donors (Lipinski definition) is 2. The molecule has 0 aromatic carbocycles. The first-order chi connectivity index (χ1) is 7.27. The van der Waals surface area contributed by atoms with E-state index in [1.807, 2.05) is 12.1 Å². The van der Waals surface area contributed by atoms with Gasteiger partial charge in [-0.2, -0.15) is 0 Å². The van der Waals surface area contributed by atoms with Crippen molar-refractivity contribution in [1.29, 1.82) is 0 Å². The van der Waals surface area contributed by atoms with Crippen LogP contribution in [0.2, 0.25) is 0 Å². The topological polar surface area (TPSA) is 50.9 Å². The molecule has 0 spiro atoms. The summed E-state index contributed by atoms with van der Waals surface area (Å²) in [5, 5.41) is 3.46. The van der Waals surface area contributed by atoms with Crippen molar-refractivity contribution in [2.75, 3.05) is 11.1 Å². The number of rotatable bonds is 3. The van der Waals surface area contributed by atoms with Gasteiger partial charge >= 0.3 is 0 Å². The second-order valence-corrected chi connectivity index (χ2v) is 4.41. The van der Waals surface area contributed by atoms with Crippen molar-refractivity contribution >= 4 is 11.5 Å². The fraction of sp³-hybridized carbons (Fsp3) is 0.583. The van der Waals surface area contributed by atoms with Crippen molar-refractivity contribution in [3.05, 3.63) is 18.3 Å². The van der Waals surface area contributed by atoms with E-state index in [2.05, 4.69) is 17.2 Å². The number of nitrogens with two attached hydrogens (primary N) is 1. The van der Waals surface area contributed by atoms with Gasteiger partial charge in [0.1, 0.15) is 5.82 Å². The first kappa shape index (κ1) is 10.3. The summed E-state index contributed by atoms with van der Waals surface area (Å²) in [5.74, 6) is 1.40. The van der Waals surface area contributed by atoms with Crippen LogP contribution in [0.1, 0.15) is 32.6 Å². The first-order valence-electron chi connectivity index (χ1n) is 5.74. The molecule has 2 rings (SSSR count). The maximum Gasteiger partial charge on any atom is 0.146 e. The predicted octanol–water partition coefficient (Wildman–Crippen LogP) is 2.65. The number of nitrogen functional groups attached to an aromatic ring is 1. The lowest BCUT2D eigenvalue weighted by molar-refractivity contribution is 0.482. The van der Waals surface area contributed by atoms with Crippen LogP contribution in [0.5, 0.6) is 0 Å². The molecular weight excluding hydrogens is 186 g/mol. The van der Waals surface area contributed by atoms with Crippen molar-refractivity contribution in [3.63, 3.8) is 0 Å². The summed E-state index contributed by atoms with van der Waals surface area (Å²) in [6.45, 7) is 2.24. The third-order valence-corrected chi connectivity index (χ3v) is 3.33. The molecule has 1 aromatic heterocycles. The Bertz CT molecular complexity index is 318. The van der Waals surface area contributed by atoms with E-state index in [0.29, 0.717) is 11.9 Å². The van der Waals surface area contributed by atoms with Gasteiger partial charge in [-0.05, 0) is 37.8 Å². The zero-order valence-electron chi connectivity index (χ0n) is 9.24. The number of aromatic nitrogens is 1. The quantitative estimate of drug-likeness (QED) is 0.797. The van der Waals surface area contributed by atoms with E-state index in [0.717, 1.165) is 11.6 Å². The van der Waals surface area contributed by atoms with E-state index in [-0.39, 0.29) is 0 Å². The zero-order valence-corrected chi connectivity index (χ0v) is 9.24. The smallest absolute Gasteiger partial charge is 0.146 e. The molecule has 1 aliphatic rings. The standard InChI is InChI=1S/C12H19N3/c1-9(10-5-2-3-6-10)15-11-7-4-8-14-12(11)13/h4,7-10,15H,2-3,5-6H2,1H3,(H2,13,14). The highest BCUT2D eigenvalue weighted by atomic mass is 15.0. The molecule has 1 atom stereocenters. The molecule has 0 radical (unpaired) electrons.